The molecule has 7 nitrogen and oxygen atoms in total. The van der Waals surface area contributed by atoms with Crippen molar-refractivity contribution in [1.29, 1.82) is 0 Å². The number of hydrogen-bond acceptors (Lipinski definition) is 5. The first-order valence-corrected chi connectivity index (χ1v) is 8.70. The van der Waals surface area contributed by atoms with Crippen LogP contribution in [0, 0.1) is 13.8 Å². The zero-order valence-corrected chi connectivity index (χ0v) is 17.8. The van der Waals surface area contributed by atoms with Gasteiger partial charge in [-0.25, -0.2) is 9.98 Å². The van der Waals surface area contributed by atoms with Crippen molar-refractivity contribution in [2.45, 2.75) is 46.7 Å². The number of aliphatic imine (C=N–C) groups is 1. The number of rotatable bonds is 7. The lowest BCUT2D eigenvalue weighted by Crippen LogP contribution is -2.37. The van der Waals surface area contributed by atoms with E-state index >= 15 is 0 Å². The fourth-order valence-electron chi connectivity index (χ4n) is 1.94. The van der Waals surface area contributed by atoms with Crippen LogP contribution in [0.2, 0.25) is 0 Å². The summed E-state index contributed by atoms with van der Waals surface area (Å²) in [6.07, 6.45) is 4.15. The van der Waals surface area contributed by atoms with E-state index in [1.54, 1.807) is 11.3 Å². The Hall–Kier alpha value is -1.23. The summed E-state index contributed by atoms with van der Waals surface area (Å²) < 4.78 is 1.96. The van der Waals surface area contributed by atoms with E-state index in [4.69, 9.17) is 0 Å². The van der Waals surface area contributed by atoms with Crippen molar-refractivity contribution in [2.75, 3.05) is 6.54 Å². The molecule has 0 bridgehead atoms. The second-order valence-electron chi connectivity index (χ2n) is 5.39. The van der Waals surface area contributed by atoms with E-state index < -0.39 is 0 Å². The van der Waals surface area contributed by atoms with E-state index in [1.165, 1.54) is 4.88 Å². The Labute approximate surface area is 164 Å². The number of guanidine groups is 1. The maximum absolute atomic E-state index is 4.61. The van der Waals surface area contributed by atoms with Crippen LogP contribution in [0.15, 0.2) is 11.2 Å². The number of hydrogen-bond donors (Lipinski definition) is 2. The molecule has 0 aliphatic carbocycles. The number of nitrogens with one attached hydrogen (secondary N) is 2. The average molecular weight is 463 g/mol. The van der Waals surface area contributed by atoms with E-state index in [0.717, 1.165) is 42.0 Å². The molecule has 2 aromatic heterocycles. The van der Waals surface area contributed by atoms with E-state index in [1.807, 2.05) is 24.7 Å². The molecule has 0 fully saturated rings. The van der Waals surface area contributed by atoms with Crippen molar-refractivity contribution in [1.82, 2.24) is 30.4 Å². The molecule has 0 unspecified atom stereocenters. The second kappa shape index (κ2) is 10.6. The van der Waals surface area contributed by atoms with Gasteiger partial charge in [-0.05, 0) is 20.3 Å². The molecule has 0 atom stereocenters. The topological polar surface area (TPSA) is 80.0 Å². The predicted octanol–water partition coefficient (Wildman–Crippen LogP) is 2.54. The summed E-state index contributed by atoms with van der Waals surface area (Å²) in [4.78, 5) is 10.2. The van der Waals surface area contributed by atoms with Gasteiger partial charge in [-0.3, -0.25) is 0 Å². The highest BCUT2D eigenvalue weighted by atomic mass is 127. The minimum absolute atomic E-state index is 0. The van der Waals surface area contributed by atoms with Crippen LogP contribution in [-0.2, 0) is 20.1 Å². The fourth-order valence-corrected chi connectivity index (χ4v) is 2.67. The molecule has 0 saturated carbocycles. The summed E-state index contributed by atoms with van der Waals surface area (Å²) in [6, 6.07) is 0. The molecule has 2 aromatic rings. The van der Waals surface area contributed by atoms with Crippen molar-refractivity contribution in [2.24, 2.45) is 12.0 Å². The molecule has 2 rings (SSSR count). The van der Waals surface area contributed by atoms with Crippen LogP contribution in [-0.4, -0.2) is 32.3 Å². The highest BCUT2D eigenvalue weighted by molar-refractivity contribution is 14.0. The lowest BCUT2D eigenvalue weighted by Gasteiger charge is -2.11. The van der Waals surface area contributed by atoms with Gasteiger partial charge in [0.1, 0.15) is 17.4 Å². The third kappa shape index (κ3) is 6.34. The summed E-state index contributed by atoms with van der Waals surface area (Å²) in [7, 11) is 1.95. The Morgan fingerprint density at radius 3 is 2.67 bits per heavy atom. The summed E-state index contributed by atoms with van der Waals surface area (Å²) in [5.41, 5.74) is 0. The van der Waals surface area contributed by atoms with Crippen LogP contribution in [0.4, 0.5) is 0 Å². The quantitative estimate of drug-likeness (QED) is 0.286. The molecule has 134 valence electrons. The van der Waals surface area contributed by atoms with Gasteiger partial charge in [-0.1, -0.05) is 13.3 Å². The van der Waals surface area contributed by atoms with Gasteiger partial charge in [0.05, 0.1) is 6.54 Å². The second-order valence-corrected chi connectivity index (χ2v) is 6.71. The van der Waals surface area contributed by atoms with Crippen molar-refractivity contribution in [3.8, 4) is 0 Å². The van der Waals surface area contributed by atoms with Crippen molar-refractivity contribution < 1.29 is 0 Å². The first-order valence-electron chi connectivity index (χ1n) is 7.88. The van der Waals surface area contributed by atoms with Crippen LogP contribution in [0.3, 0.4) is 0 Å². The normalized spacial score (nSPS) is 11.2. The van der Waals surface area contributed by atoms with Gasteiger partial charge >= 0.3 is 0 Å². The number of halogens is 1. The number of thiazole rings is 1. The highest BCUT2D eigenvalue weighted by Gasteiger charge is 2.06. The van der Waals surface area contributed by atoms with Crippen molar-refractivity contribution in [3.05, 3.63) is 27.7 Å². The van der Waals surface area contributed by atoms with Crippen LogP contribution < -0.4 is 10.6 Å². The van der Waals surface area contributed by atoms with E-state index in [2.05, 4.69) is 44.7 Å². The monoisotopic (exact) mass is 463 g/mol. The average Bonchev–Trinajstić information content (AvgIpc) is 3.09. The smallest absolute Gasteiger partial charge is 0.192 e. The molecule has 2 heterocycles. The molecule has 0 radical (unpaired) electrons. The third-order valence-corrected chi connectivity index (χ3v) is 4.37. The largest absolute Gasteiger partial charge is 0.356 e. The number of nitrogens with zero attached hydrogens (tertiary/aromatic N) is 5. The van der Waals surface area contributed by atoms with Gasteiger partial charge in [0.15, 0.2) is 11.8 Å². The summed E-state index contributed by atoms with van der Waals surface area (Å²) in [6.45, 7) is 8.24. The molecule has 0 aliphatic rings. The Kier molecular flexibility index (Phi) is 9.19. The van der Waals surface area contributed by atoms with Gasteiger partial charge in [0.2, 0.25) is 0 Å². The van der Waals surface area contributed by atoms with Gasteiger partial charge in [-0.2, -0.15) is 0 Å². The van der Waals surface area contributed by atoms with Crippen LogP contribution >= 0.6 is 35.3 Å². The van der Waals surface area contributed by atoms with Crippen LogP contribution in [0.5, 0.6) is 0 Å². The summed E-state index contributed by atoms with van der Waals surface area (Å²) in [5, 5.41) is 15.9. The minimum atomic E-state index is 0. The van der Waals surface area contributed by atoms with Gasteiger partial charge in [-0.15, -0.1) is 45.5 Å². The van der Waals surface area contributed by atoms with E-state index in [9.17, 15) is 0 Å². The lowest BCUT2D eigenvalue weighted by atomic mass is 10.3. The zero-order chi connectivity index (χ0) is 16.7. The van der Waals surface area contributed by atoms with Gasteiger partial charge in [0, 0.05) is 24.7 Å². The Morgan fingerprint density at radius 2 is 2.08 bits per heavy atom. The Bertz CT molecular complexity index is 650. The first-order chi connectivity index (χ1) is 11.1. The molecular weight excluding hydrogens is 437 g/mol. The van der Waals surface area contributed by atoms with E-state index in [0.29, 0.717) is 13.1 Å². The van der Waals surface area contributed by atoms with Crippen molar-refractivity contribution in [3.63, 3.8) is 0 Å². The fraction of sp³-hybridized carbons (Fsp3) is 0.600. The minimum Gasteiger partial charge on any atom is -0.356 e. The molecule has 0 saturated heterocycles. The summed E-state index contributed by atoms with van der Waals surface area (Å²) in [5.74, 6) is 2.53. The summed E-state index contributed by atoms with van der Waals surface area (Å²) >= 11 is 1.70. The van der Waals surface area contributed by atoms with Gasteiger partial charge < -0.3 is 15.2 Å². The third-order valence-electron chi connectivity index (χ3n) is 3.46. The molecule has 0 aliphatic heterocycles. The highest BCUT2D eigenvalue weighted by Crippen LogP contribution is 2.10. The molecular formula is C15H26IN7S. The molecule has 0 aromatic carbocycles. The standard InChI is InChI=1S/C15H25N7S.HI/c1-5-6-7-16-15(19-10-14-17-8-11(2)23-14)18-9-13-21-20-12(3)22(13)4;/h8H,5-7,9-10H2,1-4H3,(H2,16,18,19);1H. The van der Waals surface area contributed by atoms with E-state index in [-0.39, 0.29) is 24.0 Å². The molecule has 0 spiro atoms. The Morgan fingerprint density at radius 1 is 1.29 bits per heavy atom. The van der Waals surface area contributed by atoms with Crippen LogP contribution in [0.25, 0.3) is 0 Å². The Balaban J connectivity index is 0.00000288. The lowest BCUT2D eigenvalue weighted by molar-refractivity contribution is 0.715. The molecule has 24 heavy (non-hydrogen) atoms. The molecule has 9 heteroatoms. The van der Waals surface area contributed by atoms with Crippen LogP contribution in [0.1, 0.15) is 41.3 Å². The number of aromatic nitrogens is 4. The zero-order valence-electron chi connectivity index (χ0n) is 14.7. The maximum atomic E-state index is 4.61. The van der Waals surface area contributed by atoms with Crippen molar-refractivity contribution >= 4 is 41.3 Å². The maximum Gasteiger partial charge on any atom is 0.192 e. The molecule has 2 N–H and O–H groups in total. The first kappa shape index (κ1) is 20.8. The van der Waals surface area contributed by atoms with Gasteiger partial charge in [0.25, 0.3) is 0 Å². The predicted molar refractivity (Wildman–Crippen MR) is 109 cm³/mol. The number of unbranched alkanes of at least 4 members (excludes halogenated alkanes) is 1. The SMILES string of the molecule is CCCCNC(=NCc1nnc(C)n1C)NCc1ncc(C)s1.I. The molecule has 0 amide bonds. The number of aryl methyl sites for hydroxylation is 2.